The molecule has 4 rings (SSSR count). The van der Waals surface area contributed by atoms with Crippen LogP contribution in [-0.2, 0) is 0 Å². The van der Waals surface area contributed by atoms with Gasteiger partial charge in [-0.05, 0) is 74.4 Å². The van der Waals surface area contributed by atoms with Crippen LogP contribution in [0, 0.1) is 19.7 Å². The smallest absolute Gasteiger partial charge is 0.381 e. The minimum absolute atomic E-state index is 0.0231. The molecule has 0 aliphatic carbocycles. The van der Waals surface area contributed by atoms with Gasteiger partial charge in [0, 0.05) is 23.2 Å². The van der Waals surface area contributed by atoms with Gasteiger partial charge in [0.2, 0.25) is 0 Å². The maximum atomic E-state index is 14.2. The molecular weight excluding hydrogens is 500 g/mol. The van der Waals surface area contributed by atoms with Gasteiger partial charge in [0.25, 0.3) is 5.91 Å². The third-order valence-electron chi connectivity index (χ3n) is 6.50. The summed E-state index contributed by atoms with van der Waals surface area (Å²) in [5.74, 6) is -0.996. The van der Waals surface area contributed by atoms with E-state index in [0.717, 1.165) is 10.5 Å². The zero-order valence-electron chi connectivity index (χ0n) is 21.2. The van der Waals surface area contributed by atoms with Crippen molar-refractivity contribution in [2.24, 2.45) is 0 Å². The number of carbonyl (C=O) groups excluding carboxylic acids is 1. The van der Waals surface area contributed by atoms with Gasteiger partial charge in [0.1, 0.15) is 5.82 Å². The van der Waals surface area contributed by atoms with Crippen molar-refractivity contribution >= 4 is 22.5 Å². The zero-order valence-corrected chi connectivity index (χ0v) is 21.2. The molecule has 38 heavy (non-hydrogen) atoms. The summed E-state index contributed by atoms with van der Waals surface area (Å²) in [4.78, 5) is 14.0. The van der Waals surface area contributed by atoms with Gasteiger partial charge < -0.3 is 15.3 Å². The highest BCUT2D eigenvalue weighted by atomic mass is 19.4. The molecule has 3 aromatic carbocycles. The molecule has 4 aromatic rings. The number of anilines is 1. The SMILES string of the molecule is CCN(CC(O)(CNc1cc(C)cc2c1cnn2-c1ccc(F)cc1)C(F)(F)F)C(=O)c1ccccc1C. The van der Waals surface area contributed by atoms with Crippen LogP contribution in [-0.4, -0.2) is 57.1 Å². The minimum atomic E-state index is -5.03. The summed E-state index contributed by atoms with van der Waals surface area (Å²) in [5, 5.41) is 18.5. The van der Waals surface area contributed by atoms with E-state index in [1.807, 2.05) is 6.07 Å². The van der Waals surface area contributed by atoms with E-state index in [4.69, 9.17) is 0 Å². The van der Waals surface area contributed by atoms with Crippen molar-refractivity contribution in [3.05, 3.63) is 89.4 Å². The van der Waals surface area contributed by atoms with E-state index in [9.17, 15) is 27.5 Å². The topological polar surface area (TPSA) is 70.4 Å². The van der Waals surface area contributed by atoms with Crippen LogP contribution in [0.2, 0.25) is 0 Å². The maximum absolute atomic E-state index is 14.2. The number of nitrogens with zero attached hydrogens (tertiary/aromatic N) is 3. The highest BCUT2D eigenvalue weighted by Crippen LogP contribution is 2.34. The first kappa shape index (κ1) is 27.1. The number of aryl methyl sites for hydroxylation is 2. The number of halogens is 4. The Kier molecular flexibility index (Phi) is 7.46. The molecule has 200 valence electrons. The number of benzene rings is 3. The molecule has 2 N–H and O–H groups in total. The number of nitrogens with one attached hydrogen (secondary N) is 1. The predicted molar refractivity (Wildman–Crippen MR) is 138 cm³/mol. The Balaban J connectivity index is 1.63. The van der Waals surface area contributed by atoms with Crippen LogP contribution >= 0.6 is 0 Å². The molecule has 10 heteroatoms. The first-order valence-corrected chi connectivity index (χ1v) is 12.1. The molecule has 0 aliphatic heterocycles. The normalized spacial score (nSPS) is 13.4. The van der Waals surface area contributed by atoms with Gasteiger partial charge in [-0.15, -0.1) is 0 Å². The minimum Gasteiger partial charge on any atom is -0.381 e. The number of hydrogen-bond acceptors (Lipinski definition) is 4. The standard InChI is InChI=1S/C28H28F4N4O2/c1-4-35(26(37)22-8-6-5-7-19(22)3)17-27(38,28(30,31)32)16-33-24-13-18(2)14-25-23(24)15-34-36(25)21-11-9-20(29)10-12-21/h5-15,33,38H,4,16-17H2,1-3H3. The Hall–Kier alpha value is -3.92. The van der Waals surface area contributed by atoms with Gasteiger partial charge in [-0.25, -0.2) is 9.07 Å². The number of aromatic nitrogens is 2. The molecule has 1 aromatic heterocycles. The van der Waals surface area contributed by atoms with Crippen molar-refractivity contribution in [3.63, 3.8) is 0 Å². The summed E-state index contributed by atoms with van der Waals surface area (Å²) in [6.07, 6.45) is -3.53. The lowest BCUT2D eigenvalue weighted by Crippen LogP contribution is -2.58. The molecule has 1 heterocycles. The molecule has 0 radical (unpaired) electrons. The Morgan fingerprint density at radius 2 is 1.76 bits per heavy atom. The number of fused-ring (bicyclic) bond motifs is 1. The van der Waals surface area contributed by atoms with Crippen LogP contribution in [0.4, 0.5) is 23.2 Å². The first-order valence-electron chi connectivity index (χ1n) is 12.1. The second-order valence-electron chi connectivity index (χ2n) is 9.30. The van der Waals surface area contributed by atoms with Crippen molar-refractivity contribution in [1.29, 1.82) is 0 Å². The maximum Gasteiger partial charge on any atom is 0.420 e. The van der Waals surface area contributed by atoms with Crippen LogP contribution in [0.15, 0.2) is 66.9 Å². The summed E-state index contributed by atoms with van der Waals surface area (Å²) in [5.41, 5.74) is -0.0682. The lowest BCUT2D eigenvalue weighted by Gasteiger charge is -2.36. The monoisotopic (exact) mass is 528 g/mol. The average Bonchev–Trinajstić information content (AvgIpc) is 3.29. The Bertz CT molecular complexity index is 1450. The molecule has 1 atom stereocenters. The highest BCUT2D eigenvalue weighted by Gasteiger charge is 2.55. The molecule has 0 fully saturated rings. The molecule has 0 saturated carbocycles. The summed E-state index contributed by atoms with van der Waals surface area (Å²) >= 11 is 0. The van der Waals surface area contributed by atoms with E-state index in [0.29, 0.717) is 27.8 Å². The largest absolute Gasteiger partial charge is 0.420 e. The fourth-order valence-corrected chi connectivity index (χ4v) is 4.31. The van der Waals surface area contributed by atoms with Crippen LogP contribution in [0.25, 0.3) is 16.6 Å². The number of alkyl halides is 3. The Morgan fingerprint density at radius 1 is 1.08 bits per heavy atom. The van der Waals surface area contributed by atoms with Gasteiger partial charge in [-0.2, -0.15) is 18.3 Å². The third kappa shape index (κ3) is 5.35. The number of likely N-dealkylation sites (N-methyl/N-ethyl adjacent to an activating group) is 1. The van der Waals surface area contributed by atoms with E-state index >= 15 is 0 Å². The summed E-state index contributed by atoms with van der Waals surface area (Å²) in [6.45, 7) is 3.18. The Morgan fingerprint density at radius 3 is 2.39 bits per heavy atom. The average molecular weight is 529 g/mol. The van der Waals surface area contributed by atoms with Crippen molar-refractivity contribution < 1.29 is 27.5 Å². The molecular formula is C28H28F4N4O2. The predicted octanol–water partition coefficient (Wildman–Crippen LogP) is 5.65. The molecule has 0 spiro atoms. The lowest BCUT2D eigenvalue weighted by atomic mass is 10.0. The van der Waals surface area contributed by atoms with E-state index in [-0.39, 0.29) is 12.1 Å². The van der Waals surface area contributed by atoms with E-state index < -0.39 is 36.6 Å². The molecule has 6 nitrogen and oxygen atoms in total. The second kappa shape index (κ2) is 10.4. The lowest BCUT2D eigenvalue weighted by molar-refractivity contribution is -0.257. The third-order valence-corrected chi connectivity index (χ3v) is 6.50. The second-order valence-corrected chi connectivity index (χ2v) is 9.30. The highest BCUT2D eigenvalue weighted by molar-refractivity contribution is 5.96. The molecule has 0 aliphatic rings. The summed E-state index contributed by atoms with van der Waals surface area (Å²) < 4.78 is 57.6. The van der Waals surface area contributed by atoms with Crippen LogP contribution in [0.5, 0.6) is 0 Å². The fourth-order valence-electron chi connectivity index (χ4n) is 4.31. The summed E-state index contributed by atoms with van der Waals surface area (Å²) in [7, 11) is 0. The van der Waals surface area contributed by atoms with Crippen molar-refractivity contribution in [2.75, 3.05) is 25.0 Å². The number of rotatable bonds is 8. The van der Waals surface area contributed by atoms with Crippen LogP contribution in [0.3, 0.4) is 0 Å². The van der Waals surface area contributed by atoms with E-state index in [1.54, 1.807) is 67.9 Å². The van der Waals surface area contributed by atoms with Gasteiger partial charge in [-0.1, -0.05) is 18.2 Å². The fraction of sp³-hybridized carbons (Fsp3) is 0.286. The molecule has 1 amide bonds. The summed E-state index contributed by atoms with van der Waals surface area (Å²) in [6, 6.07) is 15.8. The zero-order chi connectivity index (χ0) is 27.7. The van der Waals surface area contributed by atoms with Gasteiger partial charge in [-0.3, -0.25) is 4.79 Å². The number of carbonyl (C=O) groups is 1. The molecule has 1 unspecified atom stereocenters. The van der Waals surface area contributed by atoms with Gasteiger partial charge in [0.15, 0.2) is 5.60 Å². The van der Waals surface area contributed by atoms with E-state index in [1.165, 1.54) is 18.3 Å². The first-order chi connectivity index (χ1) is 17.9. The van der Waals surface area contributed by atoms with E-state index in [2.05, 4.69) is 10.4 Å². The van der Waals surface area contributed by atoms with Crippen LogP contribution in [0.1, 0.15) is 28.4 Å². The molecule has 0 saturated heterocycles. The molecule has 0 bridgehead atoms. The quantitative estimate of drug-likeness (QED) is 0.290. The number of hydrogen-bond donors (Lipinski definition) is 2. The van der Waals surface area contributed by atoms with Crippen molar-refractivity contribution in [2.45, 2.75) is 32.5 Å². The van der Waals surface area contributed by atoms with Gasteiger partial charge >= 0.3 is 6.18 Å². The Labute approximate surface area is 217 Å². The number of aliphatic hydroxyl groups is 1. The van der Waals surface area contributed by atoms with Gasteiger partial charge in [0.05, 0.1) is 30.5 Å². The number of amides is 1. The van der Waals surface area contributed by atoms with Crippen LogP contribution < -0.4 is 5.32 Å². The van der Waals surface area contributed by atoms with Crippen molar-refractivity contribution in [1.82, 2.24) is 14.7 Å². The van der Waals surface area contributed by atoms with Crippen molar-refractivity contribution in [3.8, 4) is 5.69 Å².